The molecule has 1 aliphatic rings. The fourth-order valence-corrected chi connectivity index (χ4v) is 5.59. The number of piperidine rings is 1. The molecule has 186 valence electrons. The summed E-state index contributed by atoms with van der Waals surface area (Å²) in [4.78, 5) is 14.4. The van der Waals surface area contributed by atoms with Gasteiger partial charge in [0.1, 0.15) is 0 Å². The predicted molar refractivity (Wildman–Crippen MR) is 124 cm³/mol. The van der Waals surface area contributed by atoms with Gasteiger partial charge in [-0.2, -0.15) is 17.5 Å². The van der Waals surface area contributed by atoms with E-state index in [1.807, 2.05) is 50.2 Å². The third kappa shape index (κ3) is 6.17. The largest absolute Gasteiger partial charge is 0.416 e. The van der Waals surface area contributed by atoms with Gasteiger partial charge in [0.25, 0.3) is 0 Å². The first-order valence-electron chi connectivity index (χ1n) is 11.1. The molecule has 2 aromatic rings. The molecule has 0 aliphatic carbocycles. The Bertz CT molecular complexity index is 1090. The van der Waals surface area contributed by atoms with Crippen LogP contribution >= 0.6 is 0 Å². The second-order valence-electron chi connectivity index (χ2n) is 8.84. The zero-order chi connectivity index (χ0) is 25.1. The number of nitrogens with one attached hydrogen (secondary N) is 1. The first-order valence-corrected chi connectivity index (χ1v) is 12.5. The number of rotatable bonds is 7. The van der Waals surface area contributed by atoms with Crippen LogP contribution in [0.3, 0.4) is 0 Å². The minimum Gasteiger partial charge on any atom is -0.354 e. The first kappa shape index (κ1) is 26.2. The number of aryl methyl sites for hydroxylation is 1. The number of amides is 1. The van der Waals surface area contributed by atoms with Crippen LogP contribution in [0.2, 0.25) is 0 Å². The second-order valence-corrected chi connectivity index (χ2v) is 10.8. The molecule has 1 heterocycles. The van der Waals surface area contributed by atoms with Crippen LogP contribution in [0.5, 0.6) is 0 Å². The van der Waals surface area contributed by atoms with Crippen LogP contribution in [0, 0.1) is 12.8 Å². The molecule has 0 bridgehead atoms. The van der Waals surface area contributed by atoms with E-state index in [1.54, 1.807) is 0 Å². The molecule has 1 saturated heterocycles. The summed E-state index contributed by atoms with van der Waals surface area (Å²) in [5.74, 6) is -0.496. The van der Waals surface area contributed by atoms with Crippen molar-refractivity contribution in [3.05, 3.63) is 65.2 Å². The van der Waals surface area contributed by atoms with Gasteiger partial charge in [0, 0.05) is 25.6 Å². The van der Waals surface area contributed by atoms with E-state index in [2.05, 4.69) is 5.32 Å². The zero-order valence-electron chi connectivity index (χ0n) is 19.5. The Kier molecular flexibility index (Phi) is 8.05. The Morgan fingerprint density at radius 3 is 2.29 bits per heavy atom. The molecule has 0 radical (unpaired) electrons. The molecule has 2 aromatic carbocycles. The van der Waals surface area contributed by atoms with Crippen molar-refractivity contribution in [2.45, 2.75) is 36.9 Å². The number of nitrogens with zero attached hydrogens (tertiary/aromatic N) is 2. The number of hydrogen-bond donors (Lipinski definition) is 1. The van der Waals surface area contributed by atoms with Gasteiger partial charge >= 0.3 is 6.18 Å². The lowest BCUT2D eigenvalue weighted by Crippen LogP contribution is -2.44. The van der Waals surface area contributed by atoms with E-state index in [-0.39, 0.29) is 31.0 Å². The summed E-state index contributed by atoms with van der Waals surface area (Å²) in [7, 11) is -0.199. The Labute approximate surface area is 198 Å². The van der Waals surface area contributed by atoms with Gasteiger partial charge in [-0.1, -0.05) is 35.9 Å². The summed E-state index contributed by atoms with van der Waals surface area (Å²) < 4.78 is 65.8. The van der Waals surface area contributed by atoms with Crippen molar-refractivity contribution in [1.29, 1.82) is 0 Å². The monoisotopic (exact) mass is 497 g/mol. The Hall–Kier alpha value is -2.43. The van der Waals surface area contributed by atoms with E-state index in [9.17, 15) is 26.4 Å². The van der Waals surface area contributed by atoms with Crippen molar-refractivity contribution in [2.24, 2.45) is 5.92 Å². The van der Waals surface area contributed by atoms with Gasteiger partial charge in [0.15, 0.2) is 0 Å². The molecule has 6 nitrogen and oxygen atoms in total. The second kappa shape index (κ2) is 10.5. The molecule has 1 aliphatic heterocycles. The Morgan fingerprint density at radius 2 is 1.74 bits per heavy atom. The van der Waals surface area contributed by atoms with Gasteiger partial charge in [-0.05, 0) is 57.6 Å². The van der Waals surface area contributed by atoms with E-state index >= 15 is 0 Å². The third-order valence-corrected chi connectivity index (χ3v) is 8.07. The van der Waals surface area contributed by atoms with Crippen molar-refractivity contribution >= 4 is 15.9 Å². The van der Waals surface area contributed by atoms with E-state index < -0.39 is 26.7 Å². The summed E-state index contributed by atoms with van der Waals surface area (Å²) >= 11 is 0. The highest BCUT2D eigenvalue weighted by Gasteiger charge is 2.35. The van der Waals surface area contributed by atoms with Gasteiger partial charge < -0.3 is 10.2 Å². The number of benzene rings is 2. The number of carbonyl (C=O) groups excluding carboxylic acids is 1. The molecule has 3 rings (SSSR count). The van der Waals surface area contributed by atoms with Gasteiger partial charge in [-0.25, -0.2) is 8.42 Å². The van der Waals surface area contributed by atoms with Gasteiger partial charge in [0.2, 0.25) is 15.9 Å². The van der Waals surface area contributed by atoms with Gasteiger partial charge in [0.05, 0.1) is 16.5 Å². The fraction of sp³-hybridized carbons (Fsp3) is 0.458. The van der Waals surface area contributed by atoms with E-state index in [0.717, 1.165) is 33.6 Å². The number of hydrogen-bond acceptors (Lipinski definition) is 4. The molecule has 0 spiro atoms. The lowest BCUT2D eigenvalue weighted by Gasteiger charge is -2.31. The molecule has 34 heavy (non-hydrogen) atoms. The number of alkyl halides is 3. The van der Waals surface area contributed by atoms with E-state index in [4.69, 9.17) is 0 Å². The molecule has 1 amide bonds. The Balaban J connectivity index is 1.59. The van der Waals surface area contributed by atoms with Crippen molar-refractivity contribution in [1.82, 2.24) is 14.5 Å². The fourth-order valence-electron chi connectivity index (χ4n) is 4.07. The molecule has 0 saturated carbocycles. The summed E-state index contributed by atoms with van der Waals surface area (Å²) in [6, 6.07) is 11.8. The lowest BCUT2D eigenvalue weighted by atomic mass is 9.97. The average Bonchev–Trinajstić information content (AvgIpc) is 2.79. The predicted octanol–water partition coefficient (Wildman–Crippen LogP) is 3.83. The van der Waals surface area contributed by atoms with Gasteiger partial charge in [-0.15, -0.1) is 0 Å². The maximum atomic E-state index is 13.0. The summed E-state index contributed by atoms with van der Waals surface area (Å²) in [6.07, 6.45) is -4.01. The number of likely N-dealkylation sites (N-methyl/N-ethyl adjacent to an activating group) is 1. The maximum absolute atomic E-state index is 13.0. The SMILES string of the molecule is Cc1ccc(C(CNC(=O)C2CCN(S(=O)(=O)c3cccc(C(F)(F)F)c3)CC2)N(C)C)cc1. The number of sulfonamides is 1. The van der Waals surface area contributed by atoms with Crippen LogP contribution in [0.25, 0.3) is 0 Å². The molecule has 1 atom stereocenters. The molecular formula is C24H30F3N3O3S. The van der Waals surface area contributed by atoms with Crippen molar-refractivity contribution in [3.8, 4) is 0 Å². The van der Waals surface area contributed by atoms with Crippen LogP contribution in [-0.4, -0.2) is 57.3 Å². The third-order valence-electron chi connectivity index (χ3n) is 6.18. The van der Waals surface area contributed by atoms with Gasteiger partial charge in [-0.3, -0.25) is 4.79 Å². The number of halogens is 3. The van der Waals surface area contributed by atoms with Crippen molar-refractivity contribution < 1.29 is 26.4 Å². The van der Waals surface area contributed by atoms with Crippen molar-refractivity contribution in [2.75, 3.05) is 33.7 Å². The lowest BCUT2D eigenvalue weighted by molar-refractivity contribution is -0.137. The molecule has 10 heteroatoms. The highest BCUT2D eigenvalue weighted by atomic mass is 32.2. The summed E-state index contributed by atoms with van der Waals surface area (Å²) in [5.41, 5.74) is 1.22. The molecule has 1 unspecified atom stereocenters. The number of carbonyl (C=O) groups is 1. The topological polar surface area (TPSA) is 69.7 Å². The molecule has 0 aromatic heterocycles. The van der Waals surface area contributed by atoms with Crippen molar-refractivity contribution in [3.63, 3.8) is 0 Å². The van der Waals surface area contributed by atoms with Crippen LogP contribution in [-0.2, 0) is 21.0 Å². The minimum absolute atomic E-state index is 0.00840. The standard InChI is InChI=1S/C24H30F3N3O3S/c1-17-7-9-18(10-8-17)22(29(2)3)16-28-23(31)19-11-13-30(14-12-19)34(32,33)21-6-4-5-20(15-21)24(25,26)27/h4-10,15,19,22H,11-14,16H2,1-3H3,(H,28,31). The molecule has 1 N–H and O–H groups in total. The van der Waals surface area contributed by atoms with Crippen LogP contribution in [0.1, 0.15) is 35.6 Å². The minimum atomic E-state index is -4.63. The molecular weight excluding hydrogens is 467 g/mol. The highest BCUT2D eigenvalue weighted by Crippen LogP contribution is 2.32. The normalized spacial score (nSPS) is 17.0. The molecule has 1 fully saturated rings. The van der Waals surface area contributed by atoms with E-state index in [1.165, 1.54) is 0 Å². The average molecular weight is 498 g/mol. The quantitative estimate of drug-likeness (QED) is 0.631. The first-order chi connectivity index (χ1) is 15.9. The Morgan fingerprint density at radius 1 is 1.12 bits per heavy atom. The summed E-state index contributed by atoms with van der Waals surface area (Å²) in [5, 5.41) is 2.98. The van der Waals surface area contributed by atoms with Crippen LogP contribution in [0.4, 0.5) is 13.2 Å². The van der Waals surface area contributed by atoms with E-state index in [0.29, 0.717) is 25.5 Å². The van der Waals surface area contributed by atoms with Crippen LogP contribution in [0.15, 0.2) is 53.4 Å². The zero-order valence-corrected chi connectivity index (χ0v) is 20.3. The maximum Gasteiger partial charge on any atom is 0.416 e. The summed E-state index contributed by atoms with van der Waals surface area (Å²) in [6.45, 7) is 2.57. The highest BCUT2D eigenvalue weighted by molar-refractivity contribution is 7.89. The van der Waals surface area contributed by atoms with Crippen LogP contribution < -0.4 is 5.32 Å². The smallest absolute Gasteiger partial charge is 0.354 e.